The predicted octanol–water partition coefficient (Wildman–Crippen LogP) is 1.48. The van der Waals surface area contributed by atoms with Crippen molar-refractivity contribution in [1.82, 2.24) is 20.2 Å². The van der Waals surface area contributed by atoms with Crippen molar-refractivity contribution in [2.75, 3.05) is 44.2 Å². The summed E-state index contributed by atoms with van der Waals surface area (Å²) in [6.07, 6.45) is 5.74. The molecular weight excluding hydrogens is 352 g/mol. The van der Waals surface area contributed by atoms with Gasteiger partial charge in [-0.15, -0.1) is 0 Å². The Morgan fingerprint density at radius 3 is 2.32 bits per heavy atom. The summed E-state index contributed by atoms with van der Waals surface area (Å²) < 4.78 is 0. The number of nitrogens with one attached hydrogen (secondary N) is 1. The number of hydrogen-bond donors (Lipinski definition) is 2. The molecule has 4 rings (SSSR count). The lowest BCUT2D eigenvalue weighted by atomic mass is 9.79. The summed E-state index contributed by atoms with van der Waals surface area (Å²) in [7, 11) is 0. The maximum atomic E-state index is 13.1. The first-order chi connectivity index (χ1) is 13.5. The molecule has 0 aromatic carbocycles. The van der Waals surface area contributed by atoms with Crippen LogP contribution in [0, 0.1) is 25.7 Å². The number of rotatable bonds is 3. The highest BCUT2D eigenvalue weighted by atomic mass is 16.2. The van der Waals surface area contributed by atoms with E-state index in [1.165, 1.54) is 12.8 Å². The first kappa shape index (κ1) is 19.6. The number of carbonyl (C=O) groups excluding carboxylic acids is 1. The van der Waals surface area contributed by atoms with E-state index < -0.39 is 0 Å². The largest absolute Gasteiger partial charge is 0.355 e. The summed E-state index contributed by atoms with van der Waals surface area (Å²) in [4.78, 5) is 26.5. The first-order valence-electron chi connectivity index (χ1n) is 10.9. The second kappa shape index (κ2) is 8.33. The van der Waals surface area contributed by atoms with E-state index >= 15 is 0 Å². The summed E-state index contributed by atoms with van der Waals surface area (Å²) in [5.41, 5.74) is 8.01. The molecule has 4 heterocycles. The Balaban J connectivity index is 1.44. The number of piperidine rings is 2. The number of likely N-dealkylation sites (tertiary alicyclic amines) is 1. The molecule has 154 valence electrons. The lowest BCUT2D eigenvalue weighted by molar-refractivity contribution is 0.0630. The van der Waals surface area contributed by atoms with Crippen molar-refractivity contribution in [1.29, 1.82) is 0 Å². The minimum atomic E-state index is -0.0170. The molecule has 3 aliphatic heterocycles. The standard InChI is InChI=1S/C21H34N6O/c1-14-15(2)24-19(25-20(14)27-12-7-18(22)13-27)21(28)26-10-5-17(6-11-26)16-3-8-23-9-4-16/h16-18,23H,3-13,22H2,1-2H3/t18-/m1/s1. The number of amides is 1. The summed E-state index contributed by atoms with van der Waals surface area (Å²) in [5.74, 6) is 2.79. The molecule has 3 aliphatic rings. The Morgan fingerprint density at radius 1 is 1.00 bits per heavy atom. The number of carbonyl (C=O) groups is 1. The van der Waals surface area contributed by atoms with Gasteiger partial charge >= 0.3 is 0 Å². The smallest absolute Gasteiger partial charge is 0.291 e. The Hall–Kier alpha value is -1.73. The zero-order valence-corrected chi connectivity index (χ0v) is 17.3. The molecule has 1 amide bonds. The van der Waals surface area contributed by atoms with Crippen molar-refractivity contribution in [3.63, 3.8) is 0 Å². The van der Waals surface area contributed by atoms with Gasteiger partial charge in [-0.1, -0.05) is 0 Å². The van der Waals surface area contributed by atoms with Crippen molar-refractivity contribution in [2.24, 2.45) is 17.6 Å². The average molecular weight is 387 g/mol. The Bertz CT molecular complexity index is 709. The van der Waals surface area contributed by atoms with Gasteiger partial charge in [-0.05, 0) is 70.9 Å². The van der Waals surface area contributed by atoms with Crippen LogP contribution in [0.25, 0.3) is 0 Å². The molecule has 0 radical (unpaired) electrons. The summed E-state index contributed by atoms with van der Waals surface area (Å²) >= 11 is 0. The van der Waals surface area contributed by atoms with Crippen LogP contribution in [0.3, 0.4) is 0 Å². The van der Waals surface area contributed by atoms with E-state index in [0.717, 1.165) is 87.4 Å². The van der Waals surface area contributed by atoms with Gasteiger partial charge in [0.2, 0.25) is 5.82 Å². The third kappa shape index (κ3) is 4.01. The van der Waals surface area contributed by atoms with Crippen LogP contribution < -0.4 is 16.0 Å². The van der Waals surface area contributed by atoms with Gasteiger partial charge in [0.05, 0.1) is 0 Å². The number of aryl methyl sites for hydroxylation is 1. The van der Waals surface area contributed by atoms with E-state index in [2.05, 4.69) is 15.2 Å². The van der Waals surface area contributed by atoms with E-state index in [4.69, 9.17) is 10.7 Å². The number of nitrogens with zero attached hydrogens (tertiary/aromatic N) is 4. The van der Waals surface area contributed by atoms with Crippen molar-refractivity contribution in [3.05, 3.63) is 17.1 Å². The third-order valence-corrected chi connectivity index (χ3v) is 6.96. The van der Waals surface area contributed by atoms with E-state index in [1.54, 1.807) is 0 Å². The van der Waals surface area contributed by atoms with Crippen LogP contribution >= 0.6 is 0 Å². The van der Waals surface area contributed by atoms with E-state index in [1.807, 2.05) is 18.7 Å². The molecule has 0 aliphatic carbocycles. The van der Waals surface area contributed by atoms with Crippen LogP contribution in [0.2, 0.25) is 0 Å². The average Bonchev–Trinajstić information content (AvgIpc) is 3.16. The molecule has 0 unspecified atom stereocenters. The molecule has 0 saturated carbocycles. The van der Waals surface area contributed by atoms with E-state index in [9.17, 15) is 4.79 Å². The lowest BCUT2D eigenvalue weighted by Crippen LogP contribution is -2.42. The van der Waals surface area contributed by atoms with Crippen LogP contribution in [0.1, 0.15) is 54.0 Å². The SMILES string of the molecule is Cc1nc(C(=O)N2CCC(C3CCNCC3)CC2)nc(N2CC[C@@H](N)C2)c1C. The van der Waals surface area contributed by atoms with E-state index in [-0.39, 0.29) is 11.9 Å². The van der Waals surface area contributed by atoms with Crippen LogP contribution in [0.15, 0.2) is 0 Å². The minimum absolute atomic E-state index is 0.0170. The fraction of sp³-hybridized carbons (Fsp3) is 0.762. The normalized spacial score (nSPS) is 24.8. The van der Waals surface area contributed by atoms with Gasteiger partial charge in [-0.2, -0.15) is 0 Å². The Morgan fingerprint density at radius 2 is 1.68 bits per heavy atom. The third-order valence-electron chi connectivity index (χ3n) is 6.96. The highest BCUT2D eigenvalue weighted by Gasteiger charge is 2.31. The maximum Gasteiger partial charge on any atom is 0.291 e. The zero-order chi connectivity index (χ0) is 19.7. The monoisotopic (exact) mass is 386 g/mol. The second-order valence-electron chi connectivity index (χ2n) is 8.79. The first-order valence-corrected chi connectivity index (χ1v) is 10.9. The van der Waals surface area contributed by atoms with Crippen molar-refractivity contribution in [2.45, 2.75) is 52.0 Å². The van der Waals surface area contributed by atoms with Gasteiger partial charge in [-0.25, -0.2) is 9.97 Å². The highest BCUT2D eigenvalue weighted by Crippen LogP contribution is 2.31. The van der Waals surface area contributed by atoms with Gasteiger partial charge in [0, 0.05) is 43.5 Å². The molecule has 3 saturated heterocycles. The van der Waals surface area contributed by atoms with Gasteiger partial charge in [0.1, 0.15) is 5.82 Å². The second-order valence-corrected chi connectivity index (χ2v) is 8.79. The highest BCUT2D eigenvalue weighted by molar-refractivity contribution is 5.91. The van der Waals surface area contributed by atoms with E-state index in [0.29, 0.717) is 5.82 Å². The van der Waals surface area contributed by atoms with Crippen molar-refractivity contribution >= 4 is 11.7 Å². The lowest BCUT2D eigenvalue weighted by Gasteiger charge is -2.37. The number of aromatic nitrogens is 2. The molecule has 1 aromatic heterocycles. The zero-order valence-electron chi connectivity index (χ0n) is 17.3. The molecule has 3 N–H and O–H groups in total. The molecule has 28 heavy (non-hydrogen) atoms. The van der Waals surface area contributed by atoms with Gasteiger partial charge in [-0.3, -0.25) is 4.79 Å². The topological polar surface area (TPSA) is 87.4 Å². The molecule has 1 aromatic rings. The Kier molecular flexibility index (Phi) is 5.83. The molecule has 0 bridgehead atoms. The van der Waals surface area contributed by atoms with Gasteiger partial charge in [0.25, 0.3) is 5.91 Å². The Labute approximate surface area is 168 Å². The summed E-state index contributed by atoms with van der Waals surface area (Å²) in [6, 6.07) is 0.183. The quantitative estimate of drug-likeness (QED) is 0.818. The van der Waals surface area contributed by atoms with Crippen LogP contribution in [-0.2, 0) is 0 Å². The predicted molar refractivity (Wildman–Crippen MR) is 111 cm³/mol. The van der Waals surface area contributed by atoms with Crippen LogP contribution in [0.5, 0.6) is 0 Å². The molecular formula is C21H34N6O. The molecule has 3 fully saturated rings. The molecule has 1 atom stereocenters. The van der Waals surface area contributed by atoms with Crippen LogP contribution in [-0.4, -0.2) is 66.1 Å². The van der Waals surface area contributed by atoms with Crippen molar-refractivity contribution in [3.8, 4) is 0 Å². The fourth-order valence-corrected chi connectivity index (χ4v) is 5.03. The summed E-state index contributed by atoms with van der Waals surface area (Å²) in [5, 5.41) is 3.45. The summed E-state index contributed by atoms with van der Waals surface area (Å²) in [6.45, 7) is 9.64. The van der Waals surface area contributed by atoms with Gasteiger partial charge < -0.3 is 20.9 Å². The molecule has 7 nitrogen and oxygen atoms in total. The minimum Gasteiger partial charge on any atom is -0.355 e. The molecule has 7 heteroatoms. The maximum absolute atomic E-state index is 13.1. The van der Waals surface area contributed by atoms with Crippen molar-refractivity contribution < 1.29 is 4.79 Å². The number of hydrogen-bond acceptors (Lipinski definition) is 6. The number of nitrogens with two attached hydrogens (primary N) is 1. The molecule has 0 spiro atoms. The number of anilines is 1. The van der Waals surface area contributed by atoms with Gasteiger partial charge in [0.15, 0.2) is 0 Å². The fourth-order valence-electron chi connectivity index (χ4n) is 5.03. The van der Waals surface area contributed by atoms with Crippen LogP contribution in [0.4, 0.5) is 5.82 Å².